The topological polar surface area (TPSA) is 73.2 Å². The number of carbonyl (C=O) groups excluding carboxylic acids is 2. The third-order valence-corrected chi connectivity index (χ3v) is 5.79. The Morgan fingerprint density at radius 3 is 2.38 bits per heavy atom. The van der Waals surface area contributed by atoms with Crippen LogP contribution >= 0.6 is 11.8 Å². The summed E-state index contributed by atoms with van der Waals surface area (Å²) in [4.78, 5) is 29.6. The molecular weight excluding hydrogens is 386 g/mol. The number of aryl methyl sites for hydroxylation is 1. The molecule has 29 heavy (non-hydrogen) atoms. The molecule has 0 bridgehead atoms. The van der Waals surface area contributed by atoms with Crippen LogP contribution in [0.1, 0.15) is 49.4 Å². The first-order valence-electron chi connectivity index (χ1n) is 9.69. The van der Waals surface area contributed by atoms with Crippen molar-refractivity contribution in [3.63, 3.8) is 0 Å². The lowest BCUT2D eigenvalue weighted by molar-refractivity contribution is -0.123. The fourth-order valence-electron chi connectivity index (χ4n) is 2.64. The van der Waals surface area contributed by atoms with Gasteiger partial charge in [0.05, 0.1) is 17.6 Å². The predicted molar refractivity (Wildman–Crippen MR) is 118 cm³/mol. The summed E-state index contributed by atoms with van der Waals surface area (Å²) >= 11 is 1.45. The van der Waals surface area contributed by atoms with E-state index < -0.39 is 5.41 Å². The van der Waals surface area contributed by atoms with E-state index in [-0.39, 0.29) is 16.9 Å². The first-order valence-corrected chi connectivity index (χ1v) is 10.6. The number of methoxy groups -OCH3 is 1. The van der Waals surface area contributed by atoms with Crippen molar-refractivity contribution >= 4 is 29.1 Å². The second kappa shape index (κ2) is 9.59. The molecule has 1 aromatic heterocycles. The summed E-state index contributed by atoms with van der Waals surface area (Å²) < 4.78 is 7.29. The van der Waals surface area contributed by atoms with Crippen LogP contribution in [-0.4, -0.2) is 40.2 Å². The van der Waals surface area contributed by atoms with Crippen LogP contribution < -0.4 is 5.32 Å². The van der Waals surface area contributed by atoms with Crippen LogP contribution in [-0.2, 0) is 16.1 Å². The van der Waals surface area contributed by atoms with E-state index in [9.17, 15) is 9.59 Å². The van der Waals surface area contributed by atoms with E-state index in [1.54, 1.807) is 31.4 Å². The molecule has 6 nitrogen and oxygen atoms in total. The van der Waals surface area contributed by atoms with Gasteiger partial charge in [0.1, 0.15) is 0 Å². The van der Waals surface area contributed by atoms with Crippen LogP contribution in [0.25, 0.3) is 0 Å². The van der Waals surface area contributed by atoms with Crippen LogP contribution in [0, 0.1) is 19.3 Å². The van der Waals surface area contributed by atoms with Crippen LogP contribution in [0.15, 0.2) is 29.4 Å². The quantitative estimate of drug-likeness (QED) is 0.506. The molecule has 158 valence electrons. The van der Waals surface area contributed by atoms with Gasteiger partial charge in [-0.3, -0.25) is 9.59 Å². The lowest BCUT2D eigenvalue weighted by Crippen LogP contribution is -2.27. The third kappa shape index (κ3) is 5.93. The van der Waals surface area contributed by atoms with E-state index in [1.807, 2.05) is 41.5 Å². The second-order valence-electron chi connectivity index (χ2n) is 8.12. The van der Waals surface area contributed by atoms with Crippen molar-refractivity contribution < 1.29 is 14.3 Å². The molecule has 0 saturated heterocycles. The Morgan fingerprint density at radius 2 is 1.83 bits per heavy atom. The van der Waals surface area contributed by atoms with Gasteiger partial charge in [0.2, 0.25) is 5.91 Å². The standard InChI is InChI=1S/C22H31N3O3S/c1-14-15(2)25(12-13-28-7)21(23-14)29-16(3)19(26)17-8-10-18(11-9-17)24-20(27)22(4,5)6/h8-11,16H,12-13H2,1-7H3,(H,24,27). The zero-order valence-corrected chi connectivity index (χ0v) is 19.1. The molecule has 1 amide bonds. The Labute approximate surface area is 177 Å². The lowest BCUT2D eigenvalue weighted by atomic mass is 9.95. The van der Waals surface area contributed by atoms with Gasteiger partial charge in [0.25, 0.3) is 0 Å². The molecule has 7 heteroatoms. The maximum absolute atomic E-state index is 12.9. The monoisotopic (exact) mass is 417 g/mol. The van der Waals surface area contributed by atoms with Gasteiger partial charge in [-0.25, -0.2) is 4.98 Å². The second-order valence-corrected chi connectivity index (χ2v) is 9.42. The zero-order chi connectivity index (χ0) is 21.8. The maximum atomic E-state index is 12.9. The highest BCUT2D eigenvalue weighted by Crippen LogP contribution is 2.27. The summed E-state index contributed by atoms with van der Waals surface area (Å²) in [6.07, 6.45) is 0. The van der Waals surface area contributed by atoms with Gasteiger partial charge in [-0.2, -0.15) is 0 Å². The molecule has 0 aliphatic rings. The average Bonchev–Trinajstić information content (AvgIpc) is 2.92. The van der Waals surface area contributed by atoms with Crippen LogP contribution in [0.5, 0.6) is 0 Å². The molecular formula is C22H31N3O3S. The number of nitrogens with zero attached hydrogens (tertiary/aromatic N) is 2. The number of benzene rings is 1. The van der Waals surface area contributed by atoms with Crippen molar-refractivity contribution in [2.45, 2.75) is 58.5 Å². The molecule has 0 aliphatic heterocycles. The van der Waals surface area contributed by atoms with E-state index in [4.69, 9.17) is 4.74 Å². The van der Waals surface area contributed by atoms with Gasteiger partial charge < -0.3 is 14.6 Å². The van der Waals surface area contributed by atoms with Crippen molar-refractivity contribution in [2.75, 3.05) is 19.0 Å². The van der Waals surface area contributed by atoms with Crippen LogP contribution in [0.3, 0.4) is 0 Å². The molecule has 2 aromatic rings. The summed E-state index contributed by atoms with van der Waals surface area (Å²) in [6.45, 7) is 12.8. The summed E-state index contributed by atoms with van der Waals surface area (Å²) in [7, 11) is 1.67. The summed E-state index contributed by atoms with van der Waals surface area (Å²) in [5, 5.41) is 3.41. The normalized spacial score (nSPS) is 12.7. The van der Waals surface area contributed by atoms with E-state index in [2.05, 4.69) is 14.9 Å². The molecule has 0 aliphatic carbocycles. The van der Waals surface area contributed by atoms with Gasteiger partial charge >= 0.3 is 0 Å². The number of imidazole rings is 1. The van der Waals surface area contributed by atoms with Crippen LogP contribution in [0.2, 0.25) is 0 Å². The van der Waals surface area contributed by atoms with E-state index in [1.165, 1.54) is 11.8 Å². The smallest absolute Gasteiger partial charge is 0.229 e. The Kier molecular flexibility index (Phi) is 7.66. The number of carbonyl (C=O) groups is 2. The molecule has 1 heterocycles. The number of amides is 1. The van der Waals surface area contributed by atoms with Gasteiger partial charge in [-0.05, 0) is 45.0 Å². The van der Waals surface area contributed by atoms with E-state index >= 15 is 0 Å². The Balaban J connectivity index is 2.09. The molecule has 0 fully saturated rings. The molecule has 0 spiro atoms. The highest BCUT2D eigenvalue weighted by molar-refractivity contribution is 8.00. The Bertz CT molecular complexity index is 867. The third-order valence-electron chi connectivity index (χ3n) is 4.70. The highest BCUT2D eigenvalue weighted by atomic mass is 32.2. The van der Waals surface area contributed by atoms with Gasteiger partial charge in [0, 0.05) is 36.0 Å². The number of rotatable bonds is 8. The SMILES string of the molecule is COCCn1c(SC(C)C(=O)c2ccc(NC(=O)C(C)(C)C)cc2)nc(C)c1C. The number of ether oxygens (including phenoxy) is 1. The minimum Gasteiger partial charge on any atom is -0.383 e. The summed E-state index contributed by atoms with van der Waals surface area (Å²) in [5.41, 5.74) is 2.87. The average molecular weight is 418 g/mol. The molecule has 1 unspecified atom stereocenters. The van der Waals surface area contributed by atoms with Crippen molar-refractivity contribution in [2.24, 2.45) is 5.41 Å². The number of Topliss-reactive ketones (excluding diaryl/α,β-unsaturated/α-hetero) is 1. The van der Waals surface area contributed by atoms with Crippen molar-refractivity contribution in [3.05, 3.63) is 41.2 Å². The Morgan fingerprint density at radius 1 is 1.21 bits per heavy atom. The molecule has 1 atom stereocenters. The Hall–Kier alpha value is -2.12. The predicted octanol–water partition coefficient (Wildman–Crippen LogP) is 4.49. The highest BCUT2D eigenvalue weighted by Gasteiger charge is 2.23. The minimum atomic E-state index is -0.472. The number of hydrogen-bond donors (Lipinski definition) is 1. The minimum absolute atomic E-state index is 0.0281. The number of aromatic nitrogens is 2. The van der Waals surface area contributed by atoms with Gasteiger partial charge in [-0.15, -0.1) is 0 Å². The van der Waals surface area contributed by atoms with E-state index in [0.717, 1.165) is 16.5 Å². The summed E-state index contributed by atoms with van der Waals surface area (Å²) in [6, 6.07) is 7.04. The van der Waals surface area contributed by atoms with Gasteiger partial charge in [-0.1, -0.05) is 32.5 Å². The first kappa shape index (κ1) is 23.2. The van der Waals surface area contributed by atoms with Crippen molar-refractivity contribution in [1.82, 2.24) is 9.55 Å². The number of ketones is 1. The molecule has 1 aromatic carbocycles. The number of anilines is 1. The largest absolute Gasteiger partial charge is 0.383 e. The summed E-state index contributed by atoms with van der Waals surface area (Å²) in [5.74, 6) is -0.0329. The number of thioether (sulfide) groups is 1. The fraction of sp³-hybridized carbons (Fsp3) is 0.500. The number of hydrogen-bond acceptors (Lipinski definition) is 5. The first-order chi connectivity index (χ1) is 13.5. The molecule has 0 saturated carbocycles. The molecule has 0 radical (unpaired) electrons. The molecule has 1 N–H and O–H groups in total. The van der Waals surface area contributed by atoms with Crippen LogP contribution in [0.4, 0.5) is 5.69 Å². The van der Waals surface area contributed by atoms with Gasteiger partial charge in [0.15, 0.2) is 10.9 Å². The van der Waals surface area contributed by atoms with E-state index in [0.29, 0.717) is 24.4 Å². The number of nitrogens with one attached hydrogen (secondary N) is 1. The zero-order valence-electron chi connectivity index (χ0n) is 18.3. The fourth-order valence-corrected chi connectivity index (χ4v) is 3.75. The molecule has 2 rings (SSSR count). The maximum Gasteiger partial charge on any atom is 0.229 e. The lowest BCUT2D eigenvalue weighted by Gasteiger charge is -2.18. The van der Waals surface area contributed by atoms with Crippen molar-refractivity contribution in [3.8, 4) is 0 Å². The van der Waals surface area contributed by atoms with Crippen molar-refractivity contribution in [1.29, 1.82) is 0 Å².